The highest BCUT2D eigenvalue weighted by molar-refractivity contribution is 4.89. The summed E-state index contributed by atoms with van der Waals surface area (Å²) in [5, 5.41) is 3.76. The van der Waals surface area contributed by atoms with Gasteiger partial charge < -0.3 is 10.2 Å². The molecule has 19 heavy (non-hydrogen) atoms. The number of hydrogen-bond donors (Lipinski definition) is 1. The van der Waals surface area contributed by atoms with Crippen LogP contribution in [0.2, 0.25) is 0 Å². The highest BCUT2D eigenvalue weighted by atomic mass is 15.2. The van der Waals surface area contributed by atoms with Gasteiger partial charge in [0.1, 0.15) is 0 Å². The molecule has 0 aliphatic heterocycles. The second-order valence-electron chi connectivity index (χ2n) is 6.73. The molecule has 2 nitrogen and oxygen atoms in total. The minimum atomic E-state index is 0.721. The van der Waals surface area contributed by atoms with Crippen LogP contribution in [0.5, 0.6) is 0 Å². The second kappa shape index (κ2) is 8.26. The predicted molar refractivity (Wildman–Crippen MR) is 85.5 cm³/mol. The van der Waals surface area contributed by atoms with E-state index in [-0.39, 0.29) is 0 Å². The van der Waals surface area contributed by atoms with E-state index in [1.807, 2.05) is 0 Å². The summed E-state index contributed by atoms with van der Waals surface area (Å²) in [5.74, 6) is 2.56. The van der Waals surface area contributed by atoms with Crippen molar-refractivity contribution in [3.8, 4) is 0 Å². The van der Waals surface area contributed by atoms with Crippen LogP contribution in [0.15, 0.2) is 0 Å². The molecule has 114 valence electrons. The maximum absolute atomic E-state index is 3.76. The fourth-order valence-electron chi connectivity index (χ4n) is 3.86. The molecule has 1 rings (SSSR count). The van der Waals surface area contributed by atoms with Crippen molar-refractivity contribution in [1.29, 1.82) is 0 Å². The molecular formula is C17H36N2. The Morgan fingerprint density at radius 2 is 1.84 bits per heavy atom. The average Bonchev–Trinajstić information content (AvgIpc) is 2.37. The number of nitrogens with zero attached hydrogens (tertiary/aromatic N) is 1. The molecule has 1 saturated carbocycles. The van der Waals surface area contributed by atoms with Crippen LogP contribution in [0.4, 0.5) is 0 Å². The van der Waals surface area contributed by atoms with Crippen molar-refractivity contribution >= 4 is 0 Å². The average molecular weight is 268 g/mol. The lowest BCUT2D eigenvalue weighted by molar-refractivity contribution is 0.0859. The maximum atomic E-state index is 3.76. The van der Waals surface area contributed by atoms with Gasteiger partial charge in [0.05, 0.1) is 0 Å². The highest BCUT2D eigenvalue weighted by Gasteiger charge is 2.34. The molecule has 0 aromatic heterocycles. The Morgan fingerprint density at radius 3 is 2.37 bits per heavy atom. The molecule has 0 radical (unpaired) electrons. The summed E-state index contributed by atoms with van der Waals surface area (Å²) in [4.78, 5) is 2.68. The normalized spacial score (nSPS) is 33.6. The van der Waals surface area contributed by atoms with Crippen LogP contribution in [0.25, 0.3) is 0 Å². The molecular weight excluding hydrogens is 232 g/mol. The van der Waals surface area contributed by atoms with Crippen molar-refractivity contribution in [1.82, 2.24) is 10.2 Å². The molecule has 1 aliphatic rings. The molecule has 0 saturated heterocycles. The molecule has 0 bridgehead atoms. The van der Waals surface area contributed by atoms with Crippen molar-refractivity contribution in [3.05, 3.63) is 0 Å². The zero-order chi connectivity index (χ0) is 14.4. The lowest BCUT2D eigenvalue weighted by Gasteiger charge is -2.43. The first-order chi connectivity index (χ1) is 9.03. The zero-order valence-electron chi connectivity index (χ0n) is 14.1. The summed E-state index contributed by atoms with van der Waals surface area (Å²) >= 11 is 0. The van der Waals surface area contributed by atoms with E-state index < -0.39 is 0 Å². The molecule has 0 aromatic carbocycles. The Kier molecular flexibility index (Phi) is 7.38. The van der Waals surface area contributed by atoms with Gasteiger partial charge in [-0.25, -0.2) is 0 Å². The Balaban J connectivity index is 2.69. The van der Waals surface area contributed by atoms with E-state index in [0.29, 0.717) is 0 Å². The van der Waals surface area contributed by atoms with Gasteiger partial charge in [-0.3, -0.25) is 0 Å². The first-order valence-electron chi connectivity index (χ1n) is 8.50. The molecule has 1 N–H and O–H groups in total. The van der Waals surface area contributed by atoms with Crippen molar-refractivity contribution in [2.24, 2.45) is 17.8 Å². The van der Waals surface area contributed by atoms with E-state index in [0.717, 1.165) is 36.4 Å². The molecule has 0 amide bonds. The number of rotatable bonds is 7. The first-order valence-corrected chi connectivity index (χ1v) is 8.50. The van der Waals surface area contributed by atoms with Crippen LogP contribution >= 0.6 is 0 Å². The van der Waals surface area contributed by atoms with Gasteiger partial charge in [0.2, 0.25) is 0 Å². The molecule has 1 aliphatic carbocycles. The third kappa shape index (κ3) is 4.75. The van der Waals surface area contributed by atoms with Crippen LogP contribution < -0.4 is 5.32 Å². The van der Waals surface area contributed by atoms with Gasteiger partial charge in [0.25, 0.3) is 0 Å². The van der Waals surface area contributed by atoms with E-state index in [1.165, 1.54) is 32.4 Å². The molecule has 0 heterocycles. The summed E-state index contributed by atoms with van der Waals surface area (Å²) in [6, 6.07) is 1.45. The maximum Gasteiger partial charge on any atom is 0.0112 e. The fraction of sp³-hybridized carbons (Fsp3) is 1.00. The number of hydrogen-bond acceptors (Lipinski definition) is 2. The highest BCUT2D eigenvalue weighted by Crippen LogP contribution is 2.34. The number of nitrogens with one attached hydrogen (secondary N) is 1. The Hall–Kier alpha value is -0.0800. The van der Waals surface area contributed by atoms with Gasteiger partial charge in [0, 0.05) is 18.6 Å². The molecule has 0 aromatic rings. The smallest absolute Gasteiger partial charge is 0.0112 e. The second-order valence-corrected chi connectivity index (χ2v) is 6.73. The lowest BCUT2D eigenvalue weighted by Crippen LogP contribution is -2.50. The standard InChI is InChI=1S/C17H36N2/c1-7-15(6)19(9-3)12-16-14(5)10-13(4)11-17(16)18-8-2/h13-18H,7-12H2,1-6H3. The van der Waals surface area contributed by atoms with E-state index in [4.69, 9.17) is 0 Å². The fourth-order valence-corrected chi connectivity index (χ4v) is 3.86. The third-order valence-corrected chi connectivity index (χ3v) is 5.21. The van der Waals surface area contributed by atoms with Gasteiger partial charge in [-0.2, -0.15) is 0 Å². The Bertz CT molecular complexity index is 241. The largest absolute Gasteiger partial charge is 0.314 e. The van der Waals surface area contributed by atoms with Gasteiger partial charge in [0.15, 0.2) is 0 Å². The lowest BCUT2D eigenvalue weighted by atomic mass is 9.72. The molecule has 5 atom stereocenters. The Labute approximate surface area is 121 Å². The summed E-state index contributed by atoms with van der Waals surface area (Å²) in [6.07, 6.45) is 4.03. The summed E-state index contributed by atoms with van der Waals surface area (Å²) < 4.78 is 0. The summed E-state index contributed by atoms with van der Waals surface area (Å²) in [6.45, 7) is 17.7. The van der Waals surface area contributed by atoms with Crippen LogP contribution in [0.1, 0.15) is 60.8 Å². The monoisotopic (exact) mass is 268 g/mol. The minimum absolute atomic E-state index is 0.721. The minimum Gasteiger partial charge on any atom is -0.314 e. The van der Waals surface area contributed by atoms with Gasteiger partial charge in [-0.15, -0.1) is 0 Å². The van der Waals surface area contributed by atoms with Crippen molar-refractivity contribution in [3.63, 3.8) is 0 Å². The van der Waals surface area contributed by atoms with Crippen molar-refractivity contribution in [2.45, 2.75) is 72.9 Å². The summed E-state index contributed by atoms with van der Waals surface area (Å²) in [5.41, 5.74) is 0. The SMILES string of the molecule is CCNC1CC(C)CC(C)C1CN(CC)C(C)CC. The third-order valence-electron chi connectivity index (χ3n) is 5.21. The topological polar surface area (TPSA) is 15.3 Å². The van der Waals surface area contributed by atoms with Crippen LogP contribution in [0, 0.1) is 17.8 Å². The predicted octanol–water partition coefficient (Wildman–Crippen LogP) is 3.77. The van der Waals surface area contributed by atoms with Crippen LogP contribution in [0.3, 0.4) is 0 Å². The summed E-state index contributed by atoms with van der Waals surface area (Å²) in [7, 11) is 0. The van der Waals surface area contributed by atoms with E-state index in [9.17, 15) is 0 Å². The van der Waals surface area contributed by atoms with E-state index in [2.05, 4.69) is 51.8 Å². The quantitative estimate of drug-likeness (QED) is 0.756. The Morgan fingerprint density at radius 1 is 1.16 bits per heavy atom. The molecule has 1 fully saturated rings. The first kappa shape index (κ1) is 17.0. The molecule has 5 unspecified atom stereocenters. The zero-order valence-corrected chi connectivity index (χ0v) is 14.1. The van der Waals surface area contributed by atoms with E-state index in [1.54, 1.807) is 0 Å². The van der Waals surface area contributed by atoms with Crippen LogP contribution in [-0.2, 0) is 0 Å². The van der Waals surface area contributed by atoms with Gasteiger partial charge >= 0.3 is 0 Å². The van der Waals surface area contributed by atoms with E-state index >= 15 is 0 Å². The van der Waals surface area contributed by atoms with Crippen molar-refractivity contribution in [2.75, 3.05) is 19.6 Å². The van der Waals surface area contributed by atoms with Gasteiger partial charge in [-0.05, 0) is 57.0 Å². The van der Waals surface area contributed by atoms with Gasteiger partial charge in [-0.1, -0.05) is 34.6 Å². The van der Waals surface area contributed by atoms with Crippen molar-refractivity contribution < 1.29 is 0 Å². The molecule has 0 spiro atoms. The van der Waals surface area contributed by atoms with Crippen LogP contribution in [-0.4, -0.2) is 36.6 Å². The molecule has 2 heteroatoms.